The molecule has 0 aromatic carbocycles. The summed E-state index contributed by atoms with van der Waals surface area (Å²) in [6.45, 7) is 10.0. The third-order valence-corrected chi connectivity index (χ3v) is 2.07. The van der Waals surface area contributed by atoms with Crippen molar-refractivity contribution in [2.75, 3.05) is 6.61 Å². The molecule has 0 aliphatic rings. The minimum absolute atomic E-state index is 0.358. The summed E-state index contributed by atoms with van der Waals surface area (Å²) < 4.78 is 0. The van der Waals surface area contributed by atoms with Crippen molar-refractivity contribution in [2.45, 2.75) is 51.4 Å². The lowest BCUT2D eigenvalue weighted by Gasteiger charge is -1.99. The van der Waals surface area contributed by atoms with Crippen LogP contribution in [0.1, 0.15) is 51.4 Å². The third-order valence-electron chi connectivity index (χ3n) is 2.07. The molecule has 0 spiro atoms. The summed E-state index contributed by atoms with van der Waals surface area (Å²) in [5.74, 6) is 0. The first kappa shape index (κ1) is 15.9. The lowest BCUT2D eigenvalue weighted by Crippen LogP contribution is -1.83. The number of hydrogen-bond acceptors (Lipinski definition) is 1. The van der Waals surface area contributed by atoms with Crippen LogP contribution < -0.4 is 0 Å². The number of hydrogen-bond donors (Lipinski definition) is 1. The molecule has 0 rings (SSSR count). The van der Waals surface area contributed by atoms with E-state index in [2.05, 4.69) is 19.7 Å². The maximum Gasteiger partial charge on any atom is 0.0431 e. The molecule has 1 nitrogen and oxygen atoms in total. The molecular weight excluding hydrogens is 172 g/mol. The molecule has 0 bridgehead atoms. The van der Waals surface area contributed by atoms with E-state index in [0.717, 1.165) is 12.8 Å². The van der Waals surface area contributed by atoms with Gasteiger partial charge >= 0.3 is 0 Å². The number of rotatable bonds is 9. The van der Waals surface area contributed by atoms with Crippen molar-refractivity contribution in [3.8, 4) is 0 Å². The smallest absolute Gasteiger partial charge is 0.0431 e. The van der Waals surface area contributed by atoms with Gasteiger partial charge in [0.15, 0.2) is 0 Å². The van der Waals surface area contributed by atoms with Gasteiger partial charge in [-0.2, -0.15) is 0 Å². The fraction of sp³-hybridized carbons (Fsp3) is 0.692. The predicted octanol–water partition coefficient (Wildman–Crippen LogP) is 4.09. The van der Waals surface area contributed by atoms with Gasteiger partial charge in [0.1, 0.15) is 0 Å². The molecule has 0 fully saturated rings. The SMILES string of the molecule is C=C.C=CCCCCCCCCCO. The van der Waals surface area contributed by atoms with Crippen LogP contribution >= 0.6 is 0 Å². The maximum atomic E-state index is 8.53. The molecule has 0 saturated carbocycles. The molecule has 0 aromatic rings. The summed E-state index contributed by atoms with van der Waals surface area (Å²) in [5.41, 5.74) is 0. The van der Waals surface area contributed by atoms with Crippen LogP contribution in [-0.2, 0) is 0 Å². The van der Waals surface area contributed by atoms with E-state index in [1.165, 1.54) is 38.5 Å². The fourth-order valence-electron chi connectivity index (χ4n) is 1.28. The molecule has 0 heterocycles. The third kappa shape index (κ3) is 17.5. The van der Waals surface area contributed by atoms with E-state index in [9.17, 15) is 0 Å². The average molecular weight is 198 g/mol. The Morgan fingerprint density at radius 1 is 0.786 bits per heavy atom. The topological polar surface area (TPSA) is 20.2 Å². The van der Waals surface area contributed by atoms with Crippen molar-refractivity contribution in [2.24, 2.45) is 0 Å². The Balaban J connectivity index is 0. The predicted molar refractivity (Wildman–Crippen MR) is 65.5 cm³/mol. The lowest BCUT2D eigenvalue weighted by molar-refractivity contribution is 0.282. The van der Waals surface area contributed by atoms with Gasteiger partial charge in [-0.05, 0) is 19.3 Å². The van der Waals surface area contributed by atoms with E-state index in [0.29, 0.717) is 6.61 Å². The number of aliphatic hydroxyl groups is 1. The summed E-state index contributed by atoms with van der Waals surface area (Å²) in [6, 6.07) is 0. The fourth-order valence-corrected chi connectivity index (χ4v) is 1.28. The molecule has 0 unspecified atom stereocenters. The normalized spacial score (nSPS) is 8.93. The van der Waals surface area contributed by atoms with E-state index in [1.807, 2.05) is 6.08 Å². The van der Waals surface area contributed by atoms with Gasteiger partial charge in [0.05, 0.1) is 0 Å². The zero-order chi connectivity index (χ0) is 11.1. The Kier molecular flexibility index (Phi) is 20.7. The molecule has 0 radical (unpaired) electrons. The van der Waals surface area contributed by atoms with Crippen molar-refractivity contribution in [3.63, 3.8) is 0 Å². The van der Waals surface area contributed by atoms with Crippen LogP contribution in [0.15, 0.2) is 25.8 Å². The number of allylic oxidation sites excluding steroid dienone is 1. The highest BCUT2D eigenvalue weighted by molar-refractivity contribution is 4.65. The number of aliphatic hydroxyl groups excluding tert-OH is 1. The Labute approximate surface area is 89.5 Å². The van der Waals surface area contributed by atoms with Crippen LogP contribution in [-0.4, -0.2) is 11.7 Å². The summed E-state index contributed by atoms with van der Waals surface area (Å²) in [6.07, 6.45) is 11.9. The Hall–Kier alpha value is -0.560. The highest BCUT2D eigenvalue weighted by Gasteiger charge is 1.89. The van der Waals surface area contributed by atoms with Gasteiger partial charge in [-0.1, -0.05) is 38.2 Å². The second-order valence-electron chi connectivity index (χ2n) is 3.28. The molecule has 0 aromatic heterocycles. The monoisotopic (exact) mass is 198 g/mol. The van der Waals surface area contributed by atoms with Crippen LogP contribution in [0.2, 0.25) is 0 Å². The van der Waals surface area contributed by atoms with Gasteiger partial charge < -0.3 is 5.11 Å². The molecule has 0 saturated heterocycles. The van der Waals surface area contributed by atoms with Gasteiger partial charge in [-0.15, -0.1) is 19.7 Å². The van der Waals surface area contributed by atoms with Crippen molar-refractivity contribution >= 4 is 0 Å². The first-order valence-corrected chi connectivity index (χ1v) is 5.63. The molecule has 0 atom stereocenters. The highest BCUT2D eigenvalue weighted by atomic mass is 16.2. The highest BCUT2D eigenvalue weighted by Crippen LogP contribution is 2.08. The first-order valence-electron chi connectivity index (χ1n) is 5.63. The van der Waals surface area contributed by atoms with E-state index >= 15 is 0 Å². The molecule has 84 valence electrons. The van der Waals surface area contributed by atoms with Crippen LogP contribution in [0.4, 0.5) is 0 Å². The van der Waals surface area contributed by atoms with Crippen molar-refractivity contribution in [1.82, 2.24) is 0 Å². The van der Waals surface area contributed by atoms with E-state index < -0.39 is 0 Å². The molecule has 0 aliphatic heterocycles. The minimum Gasteiger partial charge on any atom is -0.396 e. The Bertz CT molecular complexity index is 99.4. The first-order chi connectivity index (χ1) is 6.91. The summed E-state index contributed by atoms with van der Waals surface area (Å²) in [4.78, 5) is 0. The second-order valence-corrected chi connectivity index (χ2v) is 3.28. The molecule has 1 N–H and O–H groups in total. The molecule has 1 heteroatoms. The standard InChI is InChI=1S/C11H22O.C2H4/c1-2-3-4-5-6-7-8-9-10-11-12;1-2/h2,12H,1,3-11H2;1-2H2. The second kappa shape index (κ2) is 18.3. The zero-order valence-corrected chi connectivity index (χ0v) is 9.51. The van der Waals surface area contributed by atoms with Gasteiger partial charge in [0.2, 0.25) is 0 Å². The summed E-state index contributed by atoms with van der Waals surface area (Å²) in [5, 5.41) is 8.53. The lowest BCUT2D eigenvalue weighted by atomic mass is 10.1. The summed E-state index contributed by atoms with van der Waals surface area (Å²) >= 11 is 0. The van der Waals surface area contributed by atoms with Crippen molar-refractivity contribution < 1.29 is 5.11 Å². The summed E-state index contributed by atoms with van der Waals surface area (Å²) in [7, 11) is 0. The van der Waals surface area contributed by atoms with Crippen LogP contribution in [0.25, 0.3) is 0 Å². The van der Waals surface area contributed by atoms with E-state index in [-0.39, 0.29) is 0 Å². The average Bonchev–Trinajstić information content (AvgIpc) is 2.25. The molecular formula is C13H26O. The minimum atomic E-state index is 0.358. The zero-order valence-electron chi connectivity index (χ0n) is 9.51. The van der Waals surface area contributed by atoms with Gasteiger partial charge in [0.25, 0.3) is 0 Å². The Morgan fingerprint density at radius 3 is 1.64 bits per heavy atom. The van der Waals surface area contributed by atoms with Crippen LogP contribution in [0.3, 0.4) is 0 Å². The van der Waals surface area contributed by atoms with Gasteiger partial charge in [-0.25, -0.2) is 0 Å². The number of unbranched alkanes of at least 4 members (excludes halogenated alkanes) is 7. The van der Waals surface area contributed by atoms with Gasteiger partial charge in [-0.3, -0.25) is 0 Å². The molecule has 14 heavy (non-hydrogen) atoms. The van der Waals surface area contributed by atoms with Crippen LogP contribution in [0, 0.1) is 0 Å². The van der Waals surface area contributed by atoms with Crippen LogP contribution in [0.5, 0.6) is 0 Å². The van der Waals surface area contributed by atoms with Crippen molar-refractivity contribution in [3.05, 3.63) is 25.8 Å². The Morgan fingerprint density at radius 2 is 1.21 bits per heavy atom. The maximum absolute atomic E-state index is 8.53. The molecule has 0 aliphatic carbocycles. The van der Waals surface area contributed by atoms with Gasteiger partial charge in [0, 0.05) is 6.61 Å². The van der Waals surface area contributed by atoms with E-state index in [1.54, 1.807) is 0 Å². The quantitative estimate of drug-likeness (QED) is 0.437. The largest absolute Gasteiger partial charge is 0.396 e. The van der Waals surface area contributed by atoms with E-state index in [4.69, 9.17) is 5.11 Å². The molecule has 0 amide bonds. The van der Waals surface area contributed by atoms with Crippen molar-refractivity contribution in [1.29, 1.82) is 0 Å².